The quantitative estimate of drug-likeness (QED) is 0.0888. The van der Waals surface area contributed by atoms with E-state index in [0.717, 1.165) is 17.7 Å². The Kier molecular flexibility index (Phi) is 16.7. The Bertz CT molecular complexity index is 1370. The number of hydrogen-bond acceptors (Lipinski definition) is 15. The van der Waals surface area contributed by atoms with Crippen LogP contribution in [0.5, 0.6) is 5.75 Å². The summed E-state index contributed by atoms with van der Waals surface area (Å²) in [5.74, 6) is 2.59. The highest BCUT2D eigenvalue weighted by Gasteiger charge is 2.13. The molecule has 0 bridgehead atoms. The minimum atomic E-state index is 0.179. The molecule has 47 heavy (non-hydrogen) atoms. The van der Waals surface area contributed by atoms with Crippen LogP contribution in [0.3, 0.4) is 0 Å². The van der Waals surface area contributed by atoms with Crippen LogP contribution < -0.4 is 15.8 Å². The van der Waals surface area contributed by atoms with Crippen LogP contribution in [0.15, 0.2) is 47.1 Å². The minimum Gasteiger partial charge on any atom is -0.491 e. The number of nitrogens with zero attached hydrogens (tertiary/aromatic N) is 5. The van der Waals surface area contributed by atoms with E-state index in [1.807, 2.05) is 24.3 Å². The zero-order valence-corrected chi connectivity index (χ0v) is 26.8. The molecule has 0 saturated carbocycles. The van der Waals surface area contributed by atoms with Gasteiger partial charge in [0.15, 0.2) is 5.76 Å². The van der Waals surface area contributed by atoms with Crippen LogP contribution >= 0.6 is 0 Å². The summed E-state index contributed by atoms with van der Waals surface area (Å²) in [6.07, 6.45) is 2.31. The summed E-state index contributed by atoms with van der Waals surface area (Å²) >= 11 is 0. The number of hydrogen-bond donors (Lipinski definition) is 2. The van der Waals surface area contributed by atoms with Crippen LogP contribution in [-0.2, 0) is 39.6 Å². The Morgan fingerprint density at radius 2 is 1.28 bits per heavy atom. The van der Waals surface area contributed by atoms with E-state index in [9.17, 15) is 0 Å². The molecule has 3 aromatic heterocycles. The summed E-state index contributed by atoms with van der Waals surface area (Å²) < 4.78 is 50.1. The fourth-order valence-corrected chi connectivity index (χ4v) is 4.03. The van der Waals surface area contributed by atoms with Crippen LogP contribution in [0.25, 0.3) is 17.4 Å². The predicted octanol–water partition coefficient (Wildman–Crippen LogP) is 2.14. The minimum absolute atomic E-state index is 0.179. The van der Waals surface area contributed by atoms with E-state index in [1.165, 1.54) is 4.52 Å². The molecular formula is C31H45N7O9. The molecule has 3 heterocycles. The van der Waals surface area contributed by atoms with Crippen molar-refractivity contribution >= 4 is 17.7 Å². The van der Waals surface area contributed by atoms with Crippen molar-refractivity contribution in [2.24, 2.45) is 0 Å². The van der Waals surface area contributed by atoms with Crippen molar-refractivity contribution < 1.29 is 42.3 Å². The van der Waals surface area contributed by atoms with Crippen molar-refractivity contribution in [2.75, 3.05) is 117 Å². The lowest BCUT2D eigenvalue weighted by Crippen LogP contribution is -2.15. The highest BCUT2D eigenvalue weighted by molar-refractivity contribution is 5.52. The summed E-state index contributed by atoms with van der Waals surface area (Å²) in [7, 11) is 1.64. The van der Waals surface area contributed by atoms with Gasteiger partial charge >= 0.3 is 0 Å². The van der Waals surface area contributed by atoms with Gasteiger partial charge in [-0.05, 0) is 36.2 Å². The topological polar surface area (TPSA) is 181 Å². The first kappa shape index (κ1) is 35.9. The van der Waals surface area contributed by atoms with E-state index in [0.29, 0.717) is 122 Å². The highest BCUT2D eigenvalue weighted by atomic mass is 16.6. The van der Waals surface area contributed by atoms with Gasteiger partial charge in [-0.25, -0.2) is 0 Å². The van der Waals surface area contributed by atoms with E-state index < -0.39 is 0 Å². The van der Waals surface area contributed by atoms with Crippen LogP contribution in [0.2, 0.25) is 0 Å². The van der Waals surface area contributed by atoms with Crippen LogP contribution in [0, 0.1) is 0 Å². The van der Waals surface area contributed by atoms with Gasteiger partial charge in [-0.2, -0.15) is 19.5 Å². The SMILES string of the molecule is COCCOCCOCCOCCOCCOCCOCCOc1ccc(CCNc2nc(N)n3nc(-c4ccco4)nc3n2)cc1. The average Bonchev–Trinajstić information content (AvgIpc) is 3.77. The van der Waals surface area contributed by atoms with Gasteiger partial charge in [-0.3, -0.25) is 0 Å². The first-order valence-corrected chi connectivity index (χ1v) is 15.6. The van der Waals surface area contributed by atoms with E-state index in [4.69, 9.17) is 48.0 Å². The van der Waals surface area contributed by atoms with Gasteiger partial charge in [-0.1, -0.05) is 12.1 Å². The lowest BCUT2D eigenvalue weighted by molar-refractivity contribution is -0.0199. The standard InChI is InChI=1S/C31H45N7O9/c1-39-11-12-40-13-14-41-15-16-42-17-18-43-19-20-44-21-22-45-23-24-46-26-6-4-25(5-7-26)8-9-33-30-35-29(32)38-31(36-30)34-28(37-38)27-3-2-10-47-27/h2-7,10H,8-9,11-24H2,1H3,(H3,32,33,34,35,36,37). The third kappa shape index (κ3) is 13.8. The highest BCUT2D eigenvalue weighted by Crippen LogP contribution is 2.18. The number of furan rings is 1. The van der Waals surface area contributed by atoms with Crippen molar-refractivity contribution in [1.29, 1.82) is 0 Å². The molecule has 0 aliphatic heterocycles. The average molecular weight is 660 g/mol. The summed E-state index contributed by atoms with van der Waals surface area (Å²) in [6, 6.07) is 11.4. The van der Waals surface area contributed by atoms with Gasteiger partial charge in [0.25, 0.3) is 5.78 Å². The van der Waals surface area contributed by atoms with Crippen molar-refractivity contribution in [3.8, 4) is 17.3 Å². The summed E-state index contributed by atoms with van der Waals surface area (Å²) in [4.78, 5) is 13.0. The number of rotatable bonds is 27. The smallest absolute Gasteiger partial charge is 0.259 e. The molecule has 0 atom stereocenters. The Morgan fingerprint density at radius 1 is 0.702 bits per heavy atom. The van der Waals surface area contributed by atoms with Crippen LogP contribution in [-0.4, -0.2) is 131 Å². The van der Waals surface area contributed by atoms with Gasteiger partial charge in [0.2, 0.25) is 17.7 Å². The molecule has 0 spiro atoms. The Balaban J connectivity index is 0.942. The Labute approximate surface area is 273 Å². The van der Waals surface area contributed by atoms with Crippen LogP contribution in [0.1, 0.15) is 5.56 Å². The van der Waals surface area contributed by atoms with Gasteiger partial charge in [0.1, 0.15) is 12.4 Å². The molecule has 16 heteroatoms. The number of nitrogen functional groups attached to an aromatic ring is 1. The first-order chi connectivity index (χ1) is 23.2. The molecule has 0 unspecified atom stereocenters. The third-order valence-electron chi connectivity index (χ3n) is 6.38. The number of nitrogens with one attached hydrogen (secondary N) is 1. The van der Waals surface area contributed by atoms with E-state index in [1.54, 1.807) is 25.5 Å². The molecule has 0 radical (unpaired) electrons. The fourth-order valence-electron chi connectivity index (χ4n) is 4.03. The summed E-state index contributed by atoms with van der Waals surface area (Å²) in [5, 5.41) is 7.49. The van der Waals surface area contributed by atoms with Gasteiger partial charge in [0.05, 0.1) is 92.2 Å². The second kappa shape index (κ2) is 21.8. The molecule has 0 amide bonds. The molecule has 258 valence electrons. The monoisotopic (exact) mass is 659 g/mol. The van der Waals surface area contributed by atoms with E-state index in [2.05, 4.69) is 25.4 Å². The van der Waals surface area contributed by atoms with Crippen molar-refractivity contribution in [3.05, 3.63) is 48.2 Å². The summed E-state index contributed by atoms with van der Waals surface area (Å²) in [6.45, 7) is 7.84. The molecule has 0 fully saturated rings. The van der Waals surface area contributed by atoms with Gasteiger partial charge in [0, 0.05) is 13.7 Å². The largest absolute Gasteiger partial charge is 0.491 e. The van der Waals surface area contributed by atoms with Gasteiger partial charge < -0.3 is 53.4 Å². The normalized spacial score (nSPS) is 11.4. The fraction of sp³-hybridized carbons (Fsp3) is 0.548. The maximum Gasteiger partial charge on any atom is 0.259 e. The molecule has 0 saturated heterocycles. The number of methoxy groups -OCH3 is 1. The molecule has 3 N–H and O–H groups in total. The molecule has 16 nitrogen and oxygen atoms in total. The number of aromatic nitrogens is 5. The van der Waals surface area contributed by atoms with E-state index >= 15 is 0 Å². The lowest BCUT2D eigenvalue weighted by atomic mass is 10.1. The van der Waals surface area contributed by atoms with Crippen molar-refractivity contribution in [1.82, 2.24) is 24.6 Å². The summed E-state index contributed by atoms with van der Waals surface area (Å²) in [5.41, 5.74) is 7.18. The van der Waals surface area contributed by atoms with Crippen molar-refractivity contribution in [2.45, 2.75) is 6.42 Å². The van der Waals surface area contributed by atoms with Crippen LogP contribution in [0.4, 0.5) is 11.9 Å². The molecule has 4 aromatic rings. The Morgan fingerprint density at radius 3 is 1.83 bits per heavy atom. The second-order valence-corrected chi connectivity index (χ2v) is 9.87. The predicted molar refractivity (Wildman–Crippen MR) is 172 cm³/mol. The second-order valence-electron chi connectivity index (χ2n) is 9.87. The molecule has 0 aliphatic carbocycles. The number of ether oxygens (including phenoxy) is 8. The number of nitrogens with two attached hydrogens (primary N) is 1. The maximum absolute atomic E-state index is 6.05. The lowest BCUT2D eigenvalue weighted by Gasteiger charge is -2.09. The zero-order valence-electron chi connectivity index (χ0n) is 26.8. The molecule has 1 aromatic carbocycles. The van der Waals surface area contributed by atoms with E-state index in [-0.39, 0.29) is 5.95 Å². The molecule has 0 aliphatic rings. The van der Waals surface area contributed by atoms with Crippen molar-refractivity contribution in [3.63, 3.8) is 0 Å². The number of fused-ring (bicyclic) bond motifs is 1. The number of anilines is 2. The van der Waals surface area contributed by atoms with Gasteiger partial charge in [-0.15, -0.1) is 5.10 Å². The first-order valence-electron chi connectivity index (χ1n) is 15.6. The maximum atomic E-state index is 6.05. The number of benzene rings is 1. The molecule has 4 rings (SSSR count). The zero-order chi connectivity index (χ0) is 32.8. The third-order valence-corrected chi connectivity index (χ3v) is 6.38. The Hall–Kier alpha value is -3.90. The molecular weight excluding hydrogens is 614 g/mol.